The van der Waals surface area contributed by atoms with Crippen LogP contribution in [0.15, 0.2) is 24.3 Å². The van der Waals surface area contributed by atoms with Crippen molar-refractivity contribution in [1.29, 1.82) is 0 Å². The van der Waals surface area contributed by atoms with Gasteiger partial charge in [0.1, 0.15) is 17.4 Å². The molecule has 3 N–H and O–H groups in total. The van der Waals surface area contributed by atoms with E-state index in [0.29, 0.717) is 6.42 Å². The second-order valence-corrected chi connectivity index (χ2v) is 4.71. The number of nitrogens with zero attached hydrogens (tertiary/aromatic N) is 3. The molecule has 2 heterocycles. The first-order valence-electron chi connectivity index (χ1n) is 6.19. The molecule has 3 rings (SSSR count). The minimum atomic E-state index is -0.145. The van der Waals surface area contributed by atoms with E-state index in [2.05, 4.69) is 14.8 Å². The molecule has 0 amide bonds. The Morgan fingerprint density at radius 1 is 1.28 bits per heavy atom. The van der Waals surface area contributed by atoms with Gasteiger partial charge in [-0.1, -0.05) is 12.1 Å². The zero-order valence-electron chi connectivity index (χ0n) is 10.1. The largest absolute Gasteiger partial charge is 0.508 e. The van der Waals surface area contributed by atoms with Gasteiger partial charge in [0.15, 0.2) is 0 Å². The Morgan fingerprint density at radius 2 is 2.06 bits per heavy atom. The fourth-order valence-electron chi connectivity index (χ4n) is 2.42. The minimum Gasteiger partial charge on any atom is -0.508 e. The number of hydrogen-bond acceptors (Lipinski definition) is 4. The average Bonchev–Trinajstić information content (AvgIpc) is 2.93. The molecule has 5 nitrogen and oxygen atoms in total. The van der Waals surface area contributed by atoms with Crippen LogP contribution < -0.4 is 5.73 Å². The first kappa shape index (κ1) is 11.2. The molecule has 0 saturated carbocycles. The van der Waals surface area contributed by atoms with E-state index in [4.69, 9.17) is 5.73 Å². The van der Waals surface area contributed by atoms with Crippen LogP contribution in [0.4, 0.5) is 0 Å². The van der Waals surface area contributed by atoms with Crippen molar-refractivity contribution < 1.29 is 5.11 Å². The molecule has 0 radical (unpaired) electrons. The zero-order chi connectivity index (χ0) is 12.5. The van der Waals surface area contributed by atoms with Gasteiger partial charge < -0.3 is 15.4 Å². The van der Waals surface area contributed by atoms with Gasteiger partial charge in [0.05, 0.1) is 6.04 Å². The molecule has 2 aromatic rings. The number of benzene rings is 1. The van der Waals surface area contributed by atoms with Gasteiger partial charge in [0.2, 0.25) is 0 Å². The molecular weight excluding hydrogens is 228 g/mol. The number of nitrogens with two attached hydrogens (primary N) is 1. The van der Waals surface area contributed by atoms with Crippen LogP contribution in [-0.4, -0.2) is 19.9 Å². The van der Waals surface area contributed by atoms with Crippen molar-refractivity contribution in [3.05, 3.63) is 41.5 Å². The third-order valence-electron chi connectivity index (χ3n) is 3.36. The lowest BCUT2D eigenvalue weighted by atomic mass is 10.1. The molecule has 1 aromatic carbocycles. The molecule has 94 valence electrons. The summed E-state index contributed by atoms with van der Waals surface area (Å²) in [6.07, 6.45) is 2.83. The van der Waals surface area contributed by atoms with E-state index in [0.717, 1.165) is 36.6 Å². The highest BCUT2D eigenvalue weighted by atomic mass is 16.3. The van der Waals surface area contributed by atoms with Gasteiger partial charge in [0.25, 0.3) is 0 Å². The number of rotatable bonds is 3. The maximum absolute atomic E-state index is 9.24. The summed E-state index contributed by atoms with van der Waals surface area (Å²) < 4.78 is 2.13. The molecule has 0 aliphatic carbocycles. The molecular formula is C13H16N4O. The van der Waals surface area contributed by atoms with Crippen LogP contribution >= 0.6 is 0 Å². The van der Waals surface area contributed by atoms with Crippen molar-refractivity contribution in [1.82, 2.24) is 14.8 Å². The Balaban J connectivity index is 1.78. The highest BCUT2D eigenvalue weighted by Crippen LogP contribution is 2.21. The molecule has 1 unspecified atom stereocenters. The van der Waals surface area contributed by atoms with Crippen molar-refractivity contribution in [3.63, 3.8) is 0 Å². The smallest absolute Gasteiger partial charge is 0.150 e. The molecule has 18 heavy (non-hydrogen) atoms. The van der Waals surface area contributed by atoms with Crippen LogP contribution in [0, 0.1) is 0 Å². The highest BCUT2D eigenvalue weighted by Gasteiger charge is 2.21. The van der Waals surface area contributed by atoms with Gasteiger partial charge in [0, 0.05) is 13.0 Å². The van der Waals surface area contributed by atoms with E-state index in [-0.39, 0.29) is 11.8 Å². The van der Waals surface area contributed by atoms with Gasteiger partial charge in [-0.15, -0.1) is 10.2 Å². The summed E-state index contributed by atoms with van der Waals surface area (Å²) in [5, 5.41) is 17.6. The van der Waals surface area contributed by atoms with Gasteiger partial charge >= 0.3 is 0 Å². The Kier molecular flexibility index (Phi) is 2.76. The molecule has 5 heteroatoms. The molecule has 0 spiro atoms. The lowest BCUT2D eigenvalue weighted by Crippen LogP contribution is -2.18. The molecule has 1 atom stereocenters. The van der Waals surface area contributed by atoms with Gasteiger partial charge in [-0.25, -0.2) is 0 Å². The quantitative estimate of drug-likeness (QED) is 0.849. The van der Waals surface area contributed by atoms with Crippen LogP contribution in [0.2, 0.25) is 0 Å². The van der Waals surface area contributed by atoms with Crippen molar-refractivity contribution in [2.45, 2.75) is 31.8 Å². The summed E-state index contributed by atoms with van der Waals surface area (Å²) in [6, 6.07) is 6.98. The van der Waals surface area contributed by atoms with E-state index >= 15 is 0 Å². The average molecular weight is 244 g/mol. The number of phenols is 1. The molecule has 0 saturated heterocycles. The summed E-state index contributed by atoms with van der Waals surface area (Å²) in [4.78, 5) is 0. The zero-order valence-corrected chi connectivity index (χ0v) is 10.1. The van der Waals surface area contributed by atoms with Crippen molar-refractivity contribution in [2.24, 2.45) is 5.73 Å². The third kappa shape index (κ3) is 1.97. The Bertz CT molecular complexity index is 547. The molecule has 1 aliphatic rings. The van der Waals surface area contributed by atoms with Crippen LogP contribution in [0.25, 0.3) is 0 Å². The van der Waals surface area contributed by atoms with Crippen molar-refractivity contribution >= 4 is 0 Å². The number of fused-ring (bicyclic) bond motifs is 1. The highest BCUT2D eigenvalue weighted by molar-refractivity contribution is 5.27. The maximum Gasteiger partial charge on any atom is 0.150 e. The molecule has 1 aromatic heterocycles. The lowest BCUT2D eigenvalue weighted by molar-refractivity contribution is 0.475. The van der Waals surface area contributed by atoms with E-state index in [1.807, 2.05) is 12.1 Å². The maximum atomic E-state index is 9.24. The van der Waals surface area contributed by atoms with Gasteiger partial charge in [-0.2, -0.15) is 0 Å². The fraction of sp³-hybridized carbons (Fsp3) is 0.385. The van der Waals surface area contributed by atoms with Crippen LogP contribution in [0.1, 0.15) is 29.7 Å². The molecule has 0 fully saturated rings. The van der Waals surface area contributed by atoms with Crippen LogP contribution in [0.5, 0.6) is 5.75 Å². The standard InChI is InChI=1S/C13H16N4O/c14-11(8-9-3-5-10(18)6-4-9)13-16-15-12-2-1-7-17(12)13/h3-6,11,18H,1-2,7-8,14H2. The van der Waals surface area contributed by atoms with Crippen molar-refractivity contribution in [3.8, 4) is 5.75 Å². The topological polar surface area (TPSA) is 77.0 Å². The van der Waals surface area contributed by atoms with E-state index < -0.39 is 0 Å². The number of aromatic nitrogens is 3. The summed E-state index contributed by atoms with van der Waals surface area (Å²) in [5.74, 6) is 2.19. The third-order valence-corrected chi connectivity index (χ3v) is 3.36. The van der Waals surface area contributed by atoms with Gasteiger partial charge in [-0.3, -0.25) is 0 Å². The number of hydrogen-bond donors (Lipinski definition) is 2. The SMILES string of the molecule is NC(Cc1ccc(O)cc1)c1nnc2n1CCC2. The molecule has 0 bridgehead atoms. The monoisotopic (exact) mass is 244 g/mol. The van der Waals surface area contributed by atoms with E-state index in [1.165, 1.54) is 0 Å². The number of phenolic OH excluding ortho intramolecular Hbond substituents is 1. The minimum absolute atomic E-state index is 0.145. The summed E-state index contributed by atoms with van der Waals surface area (Å²) >= 11 is 0. The second kappa shape index (κ2) is 4.42. The summed E-state index contributed by atoms with van der Waals surface area (Å²) in [6.45, 7) is 0.973. The van der Waals surface area contributed by atoms with Crippen LogP contribution in [-0.2, 0) is 19.4 Å². The van der Waals surface area contributed by atoms with E-state index in [1.54, 1.807) is 12.1 Å². The fourth-order valence-corrected chi connectivity index (χ4v) is 2.42. The second-order valence-electron chi connectivity index (χ2n) is 4.71. The Labute approximate surface area is 105 Å². The van der Waals surface area contributed by atoms with Gasteiger partial charge in [-0.05, 0) is 30.5 Å². The first-order valence-corrected chi connectivity index (χ1v) is 6.19. The normalized spacial score (nSPS) is 15.6. The summed E-state index contributed by atoms with van der Waals surface area (Å²) in [7, 11) is 0. The lowest BCUT2D eigenvalue weighted by Gasteiger charge is -2.11. The Morgan fingerprint density at radius 3 is 2.83 bits per heavy atom. The Hall–Kier alpha value is -1.88. The summed E-state index contributed by atoms with van der Waals surface area (Å²) in [5.41, 5.74) is 7.29. The van der Waals surface area contributed by atoms with E-state index in [9.17, 15) is 5.11 Å². The van der Waals surface area contributed by atoms with Crippen LogP contribution in [0.3, 0.4) is 0 Å². The molecule has 1 aliphatic heterocycles. The van der Waals surface area contributed by atoms with Crippen molar-refractivity contribution in [2.75, 3.05) is 0 Å². The predicted molar refractivity (Wildman–Crippen MR) is 67.1 cm³/mol. The number of aromatic hydroxyl groups is 1. The predicted octanol–water partition coefficient (Wildman–Crippen LogP) is 1.17. The first-order chi connectivity index (χ1) is 8.74. The number of aryl methyl sites for hydroxylation is 1.